The number of esters is 2. The number of unbranched alkanes of at least 4 members (excludes halogenated alkanes) is 13. The van der Waals surface area contributed by atoms with Crippen LogP contribution in [0.5, 0.6) is 0 Å². The van der Waals surface area contributed by atoms with Gasteiger partial charge in [-0.3, -0.25) is 23.2 Å². The number of anilines is 1. The Morgan fingerprint density at radius 2 is 1.39 bits per heavy atom. The molecule has 2 heterocycles. The molecule has 392 valence electrons. The number of rotatable bonds is 39. The van der Waals surface area contributed by atoms with Gasteiger partial charge in [0, 0.05) is 19.0 Å². The van der Waals surface area contributed by atoms with Gasteiger partial charge < -0.3 is 45.1 Å². The molecule has 7 N–H and O–H groups in total. The summed E-state index contributed by atoms with van der Waals surface area (Å²) in [7, 11) is -10.9. The first kappa shape index (κ1) is 61.5. The monoisotopic (exact) mass is 1020 g/mol. The normalized spacial score (nSPS) is 20.3. The summed E-state index contributed by atoms with van der Waals surface area (Å²) in [5, 5.41) is 30.9. The SMILES string of the molecule is CC/C=C\C/C=C\CC(O)/C=C/C=C\C/C=C\CCCC(=O)O[C@H](COC(=O)CCCCCCCCCCCCCCC)COP(=O)(O)OP(=O)(O)OC[C@H]1O[C@@H](n2ccc(N)nc2=O)[C@H](O)[C@@H]1O. The molecule has 19 nitrogen and oxygen atoms in total. The molecule has 0 aromatic carbocycles. The minimum atomic E-state index is -5.45. The first-order valence-corrected chi connectivity index (χ1v) is 27.4. The summed E-state index contributed by atoms with van der Waals surface area (Å²) in [6.45, 7) is 1.89. The Morgan fingerprint density at radius 3 is 2.06 bits per heavy atom. The molecule has 3 unspecified atom stereocenters. The largest absolute Gasteiger partial charge is 0.481 e. The third-order valence-corrected chi connectivity index (χ3v) is 13.3. The average Bonchev–Trinajstić information content (AvgIpc) is 3.58. The van der Waals surface area contributed by atoms with Crippen LogP contribution in [0.3, 0.4) is 0 Å². The van der Waals surface area contributed by atoms with Crippen molar-refractivity contribution in [2.24, 2.45) is 0 Å². The molecule has 2 rings (SSSR count). The van der Waals surface area contributed by atoms with E-state index >= 15 is 0 Å². The van der Waals surface area contributed by atoms with Crippen LogP contribution in [-0.2, 0) is 46.3 Å². The molecule has 1 aliphatic rings. The number of allylic oxidation sites excluding steroid dienone is 8. The maximum absolute atomic E-state index is 12.8. The van der Waals surface area contributed by atoms with E-state index < -0.39 is 89.8 Å². The van der Waals surface area contributed by atoms with Crippen molar-refractivity contribution < 1.29 is 71.4 Å². The number of aliphatic hydroxyl groups excluding tert-OH is 3. The van der Waals surface area contributed by atoms with Crippen molar-refractivity contribution in [3.8, 4) is 0 Å². The van der Waals surface area contributed by atoms with E-state index in [0.29, 0.717) is 32.1 Å². The number of carbonyl (C=O) groups excluding carboxylic acids is 2. The van der Waals surface area contributed by atoms with E-state index in [-0.39, 0.29) is 18.7 Å². The van der Waals surface area contributed by atoms with Crippen molar-refractivity contribution in [3.63, 3.8) is 0 Å². The summed E-state index contributed by atoms with van der Waals surface area (Å²) in [5.74, 6) is -1.41. The van der Waals surface area contributed by atoms with E-state index in [2.05, 4.69) is 35.3 Å². The van der Waals surface area contributed by atoms with Gasteiger partial charge in [-0.05, 0) is 51.0 Å². The Balaban J connectivity index is 1.86. The van der Waals surface area contributed by atoms with E-state index in [9.17, 15) is 48.6 Å². The van der Waals surface area contributed by atoms with Crippen LogP contribution >= 0.6 is 15.6 Å². The summed E-state index contributed by atoms with van der Waals surface area (Å²) >= 11 is 0. The van der Waals surface area contributed by atoms with Gasteiger partial charge in [0.15, 0.2) is 12.3 Å². The summed E-state index contributed by atoms with van der Waals surface area (Å²) in [6, 6.07) is 1.24. The zero-order chi connectivity index (χ0) is 50.8. The number of aromatic nitrogens is 2. The Labute approximate surface area is 407 Å². The van der Waals surface area contributed by atoms with Crippen LogP contribution in [-0.4, -0.2) is 96.9 Å². The first-order valence-electron chi connectivity index (χ1n) is 24.4. The van der Waals surface area contributed by atoms with E-state index in [0.717, 1.165) is 49.3 Å². The maximum atomic E-state index is 12.8. The molecule has 1 fully saturated rings. The highest BCUT2D eigenvalue weighted by molar-refractivity contribution is 7.61. The van der Waals surface area contributed by atoms with Crippen molar-refractivity contribution >= 4 is 33.4 Å². The second-order valence-corrected chi connectivity index (χ2v) is 19.8. The molecule has 69 heavy (non-hydrogen) atoms. The Kier molecular flexibility index (Phi) is 32.4. The lowest BCUT2D eigenvalue weighted by Crippen LogP contribution is -2.36. The number of aliphatic hydroxyl groups is 3. The fourth-order valence-corrected chi connectivity index (χ4v) is 9.01. The van der Waals surface area contributed by atoms with Gasteiger partial charge in [0.25, 0.3) is 0 Å². The van der Waals surface area contributed by atoms with E-state index in [1.165, 1.54) is 57.4 Å². The van der Waals surface area contributed by atoms with Crippen molar-refractivity contribution in [3.05, 3.63) is 83.5 Å². The highest BCUT2D eigenvalue weighted by Crippen LogP contribution is 2.60. The fourth-order valence-electron chi connectivity index (χ4n) is 6.90. The van der Waals surface area contributed by atoms with Gasteiger partial charge in [0.2, 0.25) is 0 Å². The molecule has 0 spiro atoms. The number of hydrogen-bond acceptors (Lipinski definition) is 16. The number of ether oxygens (including phenoxy) is 3. The summed E-state index contributed by atoms with van der Waals surface area (Å²) < 4.78 is 56.6. The third kappa shape index (κ3) is 29.4. The van der Waals surface area contributed by atoms with Gasteiger partial charge in [0.1, 0.15) is 30.7 Å². The number of nitrogens with zero attached hydrogens (tertiary/aromatic N) is 2. The summed E-state index contributed by atoms with van der Waals surface area (Å²) in [5.41, 5.74) is 4.57. The topological polar surface area (TPSA) is 286 Å². The summed E-state index contributed by atoms with van der Waals surface area (Å²) in [6.07, 6.45) is 30.6. The lowest BCUT2D eigenvalue weighted by atomic mass is 10.0. The van der Waals surface area contributed by atoms with Gasteiger partial charge in [0.05, 0.1) is 19.3 Å². The smallest absolute Gasteiger partial charge is 0.462 e. The predicted octanol–water partition coefficient (Wildman–Crippen LogP) is 8.52. The lowest BCUT2D eigenvalue weighted by molar-refractivity contribution is -0.161. The molecule has 0 bridgehead atoms. The van der Waals surface area contributed by atoms with Crippen LogP contribution < -0.4 is 11.4 Å². The van der Waals surface area contributed by atoms with E-state index in [1.54, 1.807) is 12.2 Å². The molecule has 0 saturated carbocycles. The number of nitrogen functional groups attached to an aromatic ring is 1. The zero-order valence-corrected chi connectivity index (χ0v) is 42.2. The van der Waals surface area contributed by atoms with Crippen molar-refractivity contribution in [2.75, 3.05) is 25.6 Å². The number of carbonyl (C=O) groups is 2. The van der Waals surface area contributed by atoms with Crippen LogP contribution in [0.2, 0.25) is 0 Å². The third-order valence-electron chi connectivity index (χ3n) is 10.7. The van der Waals surface area contributed by atoms with Crippen LogP contribution in [0.1, 0.15) is 155 Å². The van der Waals surface area contributed by atoms with Gasteiger partial charge in [-0.2, -0.15) is 9.29 Å². The van der Waals surface area contributed by atoms with Gasteiger partial charge in [-0.15, -0.1) is 0 Å². The second-order valence-electron chi connectivity index (χ2n) is 16.8. The maximum Gasteiger partial charge on any atom is 0.481 e. The molecule has 1 aromatic heterocycles. The standard InChI is InChI=1S/C48H79N3O16P2/c1-3-5-7-9-11-12-13-14-15-16-20-24-28-32-43(53)62-36-40(65-44(54)33-29-25-21-18-17-19-23-27-31-39(52)30-26-22-10-8-6-4-2)37-63-68(58,59)67-69(60,61)64-38-41-45(55)46(56)47(66-41)51-35-34-42(49)50-48(51)57/h6,8,18-19,21-23,26-27,31,34-35,39-41,45-47,52,55-56H,3-5,7,9-17,20,24-25,28-30,32-33,36-38H2,1-2H3,(H,58,59)(H,60,61)(H2,49,50,57)/b8-6-,21-18-,23-19-,26-22-,31-27+/t39?,40-,41-,45-,46-,47-/m1/s1. The molecular weight excluding hydrogens is 936 g/mol. The quantitative estimate of drug-likeness (QED) is 0.0118. The predicted molar refractivity (Wildman–Crippen MR) is 262 cm³/mol. The molecule has 1 saturated heterocycles. The van der Waals surface area contributed by atoms with Gasteiger partial charge >= 0.3 is 33.3 Å². The molecule has 1 aliphatic heterocycles. The lowest BCUT2D eigenvalue weighted by Gasteiger charge is -2.21. The molecular formula is C48H79N3O16P2. The minimum absolute atomic E-state index is 0.0609. The molecule has 8 atom stereocenters. The fraction of sp³-hybridized carbons (Fsp3) is 0.667. The molecule has 21 heteroatoms. The van der Waals surface area contributed by atoms with Crippen LogP contribution in [0.15, 0.2) is 77.8 Å². The van der Waals surface area contributed by atoms with Gasteiger partial charge in [-0.1, -0.05) is 152 Å². The highest BCUT2D eigenvalue weighted by Gasteiger charge is 2.46. The molecule has 0 aliphatic carbocycles. The number of phosphoric acid groups is 2. The van der Waals surface area contributed by atoms with Gasteiger partial charge in [-0.25, -0.2) is 13.9 Å². The second kappa shape index (κ2) is 36.4. The minimum Gasteiger partial charge on any atom is -0.462 e. The highest BCUT2D eigenvalue weighted by atomic mass is 31.3. The average molecular weight is 1020 g/mol. The van der Waals surface area contributed by atoms with Crippen molar-refractivity contribution in [1.29, 1.82) is 0 Å². The number of phosphoric ester groups is 2. The number of hydrogen-bond donors (Lipinski definition) is 6. The zero-order valence-electron chi connectivity index (χ0n) is 40.5. The van der Waals surface area contributed by atoms with Crippen LogP contribution in [0.4, 0.5) is 5.82 Å². The van der Waals surface area contributed by atoms with Crippen molar-refractivity contribution in [2.45, 2.75) is 185 Å². The Morgan fingerprint density at radius 1 is 0.783 bits per heavy atom. The van der Waals surface area contributed by atoms with Crippen LogP contribution in [0.25, 0.3) is 0 Å². The number of nitrogens with two attached hydrogens (primary N) is 1. The van der Waals surface area contributed by atoms with E-state index in [4.69, 9.17) is 29.0 Å². The molecule has 0 radical (unpaired) electrons. The Bertz CT molecular complexity index is 1910. The van der Waals surface area contributed by atoms with Crippen LogP contribution in [0, 0.1) is 0 Å². The Hall–Kier alpha value is -3.58. The molecule has 0 amide bonds. The first-order chi connectivity index (χ1) is 33.1. The van der Waals surface area contributed by atoms with E-state index in [1.807, 2.05) is 36.5 Å². The summed E-state index contributed by atoms with van der Waals surface area (Å²) in [4.78, 5) is 61.8. The van der Waals surface area contributed by atoms with Crippen molar-refractivity contribution in [1.82, 2.24) is 9.55 Å². The molecule has 1 aromatic rings.